The third-order valence-corrected chi connectivity index (χ3v) is 1.59. The van der Waals surface area contributed by atoms with Crippen LogP contribution in [0.1, 0.15) is 5.56 Å². The van der Waals surface area contributed by atoms with Crippen LogP contribution in [0.25, 0.3) is 0 Å². The molecule has 0 atom stereocenters. The van der Waals surface area contributed by atoms with Crippen LogP contribution in [0.5, 0.6) is 0 Å². The third-order valence-electron chi connectivity index (χ3n) is 1.04. The Morgan fingerprint density at radius 2 is 1.64 bits per heavy atom. The van der Waals surface area contributed by atoms with Gasteiger partial charge in [-0.1, -0.05) is 28.8 Å². The van der Waals surface area contributed by atoms with Gasteiger partial charge in [-0.2, -0.15) is 17.7 Å². The van der Waals surface area contributed by atoms with Gasteiger partial charge in [-0.05, 0) is 0 Å². The molecular formula is C7H5Cl2O3Pt2-. The topological polar surface area (TPSA) is 57.5 Å². The van der Waals surface area contributed by atoms with Gasteiger partial charge in [-0.25, -0.2) is 0 Å². The van der Waals surface area contributed by atoms with Crippen LogP contribution >= 0.6 is 23.2 Å². The molecule has 0 unspecified atom stereocenters. The normalized spacial score (nSPS) is 7.14. The first-order valence-electron chi connectivity index (χ1n) is 2.77. The van der Waals surface area contributed by atoms with E-state index in [1.807, 2.05) is 0 Å². The van der Waals surface area contributed by atoms with Gasteiger partial charge in [-0.15, -0.1) is 5.56 Å². The molecule has 0 spiro atoms. The van der Waals surface area contributed by atoms with Crippen LogP contribution in [0.15, 0.2) is 18.2 Å². The minimum atomic E-state index is 0. The molecule has 7 heteroatoms. The van der Waals surface area contributed by atoms with Crippen molar-refractivity contribution < 1.29 is 57.4 Å². The summed E-state index contributed by atoms with van der Waals surface area (Å²) in [5.41, 5.74) is 0.339. The fourth-order valence-corrected chi connectivity index (χ4v) is 1.02. The van der Waals surface area contributed by atoms with Crippen molar-refractivity contribution in [2.75, 3.05) is 0 Å². The maximum absolute atomic E-state index is 10.1. The molecule has 0 amide bonds. The molecule has 86 valence electrons. The van der Waals surface area contributed by atoms with Crippen molar-refractivity contribution >= 4 is 29.5 Å². The van der Waals surface area contributed by atoms with Crippen LogP contribution in [0.3, 0.4) is 0 Å². The Bertz CT molecular complexity index is 271. The van der Waals surface area contributed by atoms with E-state index in [9.17, 15) is 4.79 Å². The zero-order valence-electron chi connectivity index (χ0n) is 6.42. The van der Waals surface area contributed by atoms with Crippen molar-refractivity contribution in [3.63, 3.8) is 0 Å². The molecule has 3 nitrogen and oxygen atoms in total. The van der Waals surface area contributed by atoms with Gasteiger partial charge in [-0.3, -0.25) is 10.5 Å². The second-order valence-electron chi connectivity index (χ2n) is 1.73. The van der Waals surface area contributed by atoms with E-state index >= 15 is 0 Å². The van der Waals surface area contributed by atoms with Crippen molar-refractivity contribution in [2.45, 2.75) is 0 Å². The first-order chi connectivity index (χ1) is 5.74. The van der Waals surface area contributed by atoms with E-state index in [1.54, 1.807) is 12.4 Å². The van der Waals surface area contributed by atoms with Crippen LogP contribution < -0.4 is 0 Å². The van der Waals surface area contributed by atoms with Crippen molar-refractivity contribution in [2.24, 2.45) is 0 Å². The van der Waals surface area contributed by atoms with Gasteiger partial charge in [0.25, 0.3) is 0 Å². The van der Waals surface area contributed by atoms with E-state index < -0.39 is 0 Å². The fourth-order valence-electron chi connectivity index (χ4n) is 0.572. The summed E-state index contributed by atoms with van der Waals surface area (Å²) in [5, 5.41) is 12.9. The Labute approximate surface area is 120 Å². The summed E-state index contributed by atoms with van der Waals surface area (Å²) in [5.74, 6) is 0. The first kappa shape index (κ1) is 20.2. The van der Waals surface area contributed by atoms with Gasteiger partial charge in [0.1, 0.15) is 0 Å². The molecule has 0 radical (unpaired) electrons. The summed E-state index contributed by atoms with van der Waals surface area (Å²) in [4.78, 5) is 10.1. The van der Waals surface area contributed by atoms with Crippen LogP contribution in [-0.2, 0) is 46.9 Å². The minimum absolute atomic E-state index is 0. The van der Waals surface area contributed by atoms with Crippen molar-refractivity contribution in [3.05, 3.63) is 33.8 Å². The Kier molecular flexibility index (Phi) is 17.1. The number of rotatable bonds is 1. The molecule has 0 aliphatic carbocycles. The van der Waals surface area contributed by atoms with E-state index in [4.69, 9.17) is 33.7 Å². The predicted octanol–water partition coefficient (Wildman–Crippen LogP) is 2.46. The molecule has 0 bridgehead atoms. The molecular weight excluding hydrogens is 593 g/mol. The molecule has 0 saturated heterocycles. The van der Waals surface area contributed by atoms with Gasteiger partial charge < -0.3 is 4.79 Å². The predicted molar refractivity (Wildman–Crippen MR) is 46.5 cm³/mol. The second kappa shape index (κ2) is 11.8. The SMILES string of the molecule is O=[C-]c1ccc(Cl)cc1Cl.OO.[Pt].[Pt]. The Hall–Kier alpha value is 0.767. The van der Waals surface area contributed by atoms with Crippen LogP contribution in [-0.4, -0.2) is 16.8 Å². The van der Waals surface area contributed by atoms with E-state index in [0.29, 0.717) is 15.6 Å². The molecule has 0 aliphatic rings. The summed E-state index contributed by atoms with van der Waals surface area (Å²) < 4.78 is 0. The molecule has 14 heavy (non-hydrogen) atoms. The quantitative estimate of drug-likeness (QED) is 0.297. The molecule has 0 aliphatic heterocycles. The zero-order chi connectivity index (χ0) is 9.56. The molecule has 0 fully saturated rings. The number of halogens is 2. The molecule has 2 N–H and O–H groups in total. The van der Waals surface area contributed by atoms with E-state index in [1.165, 1.54) is 12.1 Å². The Morgan fingerprint density at radius 3 is 2.00 bits per heavy atom. The smallest absolute Gasteiger partial charge is 0.0641 e. The average molecular weight is 598 g/mol. The number of carbonyl (C=O) groups excluding carboxylic acids is 1. The van der Waals surface area contributed by atoms with Gasteiger partial charge in [0.15, 0.2) is 0 Å². The zero-order valence-corrected chi connectivity index (χ0v) is 12.5. The monoisotopic (exact) mass is 597 g/mol. The van der Waals surface area contributed by atoms with Gasteiger partial charge >= 0.3 is 0 Å². The molecule has 1 aromatic carbocycles. The maximum Gasteiger partial charge on any atom is 0.0641 e. The summed E-state index contributed by atoms with van der Waals surface area (Å²) in [6.07, 6.45) is 1.68. The van der Waals surface area contributed by atoms with Crippen LogP contribution in [0.4, 0.5) is 0 Å². The standard InChI is InChI=1S/C7H3Cl2O.H2O2.2Pt/c8-6-2-1-5(4-10)7(9)3-6;1-2;;/h1-3H;1-2H;;/q-1;;;. The number of benzene rings is 1. The largest absolute Gasteiger partial charge is 0.376 e. The van der Waals surface area contributed by atoms with Gasteiger partial charge in [0, 0.05) is 47.2 Å². The fraction of sp³-hybridized carbons (Fsp3) is 0. The number of hydrogen-bond acceptors (Lipinski definition) is 3. The summed E-state index contributed by atoms with van der Waals surface area (Å²) in [6.45, 7) is 0. The first-order valence-corrected chi connectivity index (χ1v) is 3.53. The average Bonchev–Trinajstić information content (AvgIpc) is 2.08. The number of hydrogen-bond donors (Lipinski definition) is 2. The molecule has 1 aromatic rings. The van der Waals surface area contributed by atoms with Crippen LogP contribution in [0.2, 0.25) is 10.0 Å². The summed E-state index contributed by atoms with van der Waals surface area (Å²) >= 11 is 11.1. The van der Waals surface area contributed by atoms with Crippen molar-refractivity contribution in [1.29, 1.82) is 0 Å². The van der Waals surface area contributed by atoms with E-state index in [0.717, 1.165) is 0 Å². The van der Waals surface area contributed by atoms with E-state index in [2.05, 4.69) is 0 Å². The summed E-state index contributed by atoms with van der Waals surface area (Å²) in [7, 11) is 0. The van der Waals surface area contributed by atoms with E-state index in [-0.39, 0.29) is 42.1 Å². The molecule has 0 heterocycles. The second-order valence-corrected chi connectivity index (χ2v) is 2.57. The Balaban J connectivity index is -0.000000284. The maximum atomic E-state index is 10.1. The van der Waals surface area contributed by atoms with Gasteiger partial charge in [0.2, 0.25) is 0 Å². The Morgan fingerprint density at radius 1 is 1.14 bits per heavy atom. The summed E-state index contributed by atoms with van der Waals surface area (Å²) in [6, 6.07) is 4.62. The third kappa shape index (κ3) is 7.11. The minimum Gasteiger partial charge on any atom is -0.376 e. The molecule has 0 aromatic heterocycles. The molecule has 0 saturated carbocycles. The van der Waals surface area contributed by atoms with Crippen molar-refractivity contribution in [1.82, 2.24) is 0 Å². The van der Waals surface area contributed by atoms with Crippen molar-refractivity contribution in [3.8, 4) is 0 Å². The van der Waals surface area contributed by atoms with Crippen LogP contribution in [0, 0.1) is 0 Å². The molecule has 1 rings (SSSR count). The van der Waals surface area contributed by atoms with Gasteiger partial charge in [0.05, 0.1) is 6.29 Å².